The maximum absolute atomic E-state index is 12.8. The van der Waals surface area contributed by atoms with E-state index in [1.54, 1.807) is 17.1 Å². The molecule has 0 unspecified atom stereocenters. The summed E-state index contributed by atoms with van der Waals surface area (Å²) in [4.78, 5) is 23.7. The van der Waals surface area contributed by atoms with Crippen LogP contribution in [0.2, 0.25) is 0 Å². The molecule has 1 aliphatic rings. The predicted molar refractivity (Wildman–Crippen MR) is 75.6 cm³/mol. The fourth-order valence-corrected chi connectivity index (χ4v) is 2.73. The van der Waals surface area contributed by atoms with Crippen LogP contribution in [0.3, 0.4) is 0 Å². The van der Waals surface area contributed by atoms with E-state index in [-0.39, 0.29) is 6.54 Å². The van der Waals surface area contributed by atoms with Gasteiger partial charge in [-0.05, 0) is 15.9 Å². The number of carbonyl (C=O) groups is 2. The standard InChI is InChI=1S/C12H14BrF3N4O3/c13-7-3-18-20(4-7)2-1-17-11(23)19-5-8(10(21)22)9(6-19)12(14,15)16/h3-4,8-9H,1-2,5-6H2,(H,17,23)(H,21,22)/t8-,9-/m1/s1. The van der Waals surface area contributed by atoms with Gasteiger partial charge in [0, 0.05) is 25.8 Å². The monoisotopic (exact) mass is 398 g/mol. The molecule has 0 aliphatic carbocycles. The maximum Gasteiger partial charge on any atom is 0.394 e. The van der Waals surface area contributed by atoms with Crippen LogP contribution >= 0.6 is 15.9 Å². The fourth-order valence-electron chi connectivity index (χ4n) is 2.40. The van der Waals surface area contributed by atoms with Crippen LogP contribution in [-0.2, 0) is 11.3 Å². The van der Waals surface area contributed by atoms with E-state index < -0.39 is 43.1 Å². The summed E-state index contributed by atoms with van der Waals surface area (Å²) in [6.45, 7) is -0.605. The molecule has 2 amide bonds. The first-order chi connectivity index (χ1) is 10.7. The molecule has 1 aliphatic heterocycles. The van der Waals surface area contributed by atoms with Gasteiger partial charge < -0.3 is 15.3 Å². The van der Waals surface area contributed by atoms with Gasteiger partial charge in [0.25, 0.3) is 0 Å². The van der Waals surface area contributed by atoms with Gasteiger partial charge in [-0.2, -0.15) is 18.3 Å². The third-order valence-corrected chi connectivity index (χ3v) is 3.97. The molecular weight excluding hydrogens is 385 g/mol. The highest BCUT2D eigenvalue weighted by Crippen LogP contribution is 2.37. The fraction of sp³-hybridized carbons (Fsp3) is 0.583. The molecule has 1 fully saturated rings. The number of aliphatic carboxylic acids is 1. The normalized spacial score (nSPS) is 21.5. The number of urea groups is 1. The van der Waals surface area contributed by atoms with Crippen LogP contribution in [-0.4, -0.2) is 57.6 Å². The third kappa shape index (κ3) is 4.36. The first-order valence-electron chi connectivity index (χ1n) is 6.68. The molecule has 7 nitrogen and oxygen atoms in total. The molecular formula is C12H14BrF3N4O3. The van der Waals surface area contributed by atoms with Crippen LogP contribution in [0.1, 0.15) is 0 Å². The van der Waals surface area contributed by atoms with E-state index in [1.807, 2.05) is 0 Å². The topological polar surface area (TPSA) is 87.5 Å². The van der Waals surface area contributed by atoms with E-state index in [0.717, 1.165) is 9.37 Å². The van der Waals surface area contributed by atoms with E-state index in [9.17, 15) is 22.8 Å². The molecule has 23 heavy (non-hydrogen) atoms. The molecule has 1 aromatic rings. The second kappa shape index (κ2) is 6.77. The number of nitrogens with zero attached hydrogens (tertiary/aromatic N) is 3. The number of carbonyl (C=O) groups excluding carboxylic acids is 1. The zero-order valence-electron chi connectivity index (χ0n) is 11.8. The Morgan fingerprint density at radius 3 is 2.61 bits per heavy atom. The van der Waals surface area contributed by atoms with Crippen LogP contribution < -0.4 is 5.32 Å². The van der Waals surface area contributed by atoms with Crippen molar-refractivity contribution in [1.29, 1.82) is 0 Å². The number of halogens is 4. The number of carboxylic acid groups (broad SMARTS) is 1. The average Bonchev–Trinajstić information content (AvgIpc) is 3.04. The lowest BCUT2D eigenvalue weighted by Crippen LogP contribution is -2.40. The summed E-state index contributed by atoms with van der Waals surface area (Å²) < 4.78 is 40.9. The van der Waals surface area contributed by atoms with Gasteiger partial charge in [-0.1, -0.05) is 0 Å². The van der Waals surface area contributed by atoms with Crippen molar-refractivity contribution in [2.24, 2.45) is 11.8 Å². The Labute approximate surface area is 137 Å². The van der Waals surface area contributed by atoms with Gasteiger partial charge >= 0.3 is 18.2 Å². The van der Waals surface area contributed by atoms with E-state index in [4.69, 9.17) is 5.11 Å². The van der Waals surface area contributed by atoms with Crippen molar-refractivity contribution >= 4 is 27.9 Å². The summed E-state index contributed by atoms with van der Waals surface area (Å²) in [5, 5.41) is 15.3. The van der Waals surface area contributed by atoms with Crippen molar-refractivity contribution in [3.05, 3.63) is 16.9 Å². The molecule has 2 atom stereocenters. The summed E-state index contributed by atoms with van der Waals surface area (Å²) in [6.07, 6.45) is -1.41. The summed E-state index contributed by atoms with van der Waals surface area (Å²) in [6, 6.07) is -0.714. The number of nitrogens with one attached hydrogen (secondary N) is 1. The van der Waals surface area contributed by atoms with Crippen molar-refractivity contribution in [3.8, 4) is 0 Å². The Balaban J connectivity index is 1.88. The Morgan fingerprint density at radius 2 is 2.13 bits per heavy atom. The van der Waals surface area contributed by atoms with Crippen LogP contribution in [0.4, 0.5) is 18.0 Å². The zero-order valence-corrected chi connectivity index (χ0v) is 13.3. The number of rotatable bonds is 4. The number of hydrogen-bond acceptors (Lipinski definition) is 3. The maximum atomic E-state index is 12.8. The zero-order chi connectivity index (χ0) is 17.2. The molecule has 1 saturated heterocycles. The Morgan fingerprint density at radius 1 is 1.43 bits per heavy atom. The van der Waals surface area contributed by atoms with Crippen LogP contribution in [0.15, 0.2) is 16.9 Å². The number of carboxylic acids is 1. The second-order valence-electron chi connectivity index (χ2n) is 5.15. The minimum atomic E-state index is -4.65. The Kier molecular flexibility index (Phi) is 5.17. The van der Waals surface area contributed by atoms with Gasteiger partial charge in [-0.15, -0.1) is 0 Å². The van der Waals surface area contributed by atoms with E-state index >= 15 is 0 Å². The molecule has 0 radical (unpaired) electrons. The van der Waals surface area contributed by atoms with Gasteiger partial charge in [0.15, 0.2) is 0 Å². The number of alkyl halides is 3. The smallest absolute Gasteiger partial charge is 0.394 e. The van der Waals surface area contributed by atoms with Crippen LogP contribution in [0.5, 0.6) is 0 Å². The molecule has 0 bridgehead atoms. The predicted octanol–water partition coefficient (Wildman–Crippen LogP) is 1.55. The molecule has 0 spiro atoms. The third-order valence-electron chi connectivity index (χ3n) is 3.56. The van der Waals surface area contributed by atoms with Crippen molar-refractivity contribution < 1.29 is 27.9 Å². The summed E-state index contributed by atoms with van der Waals surface area (Å²) in [7, 11) is 0. The van der Waals surface area contributed by atoms with Gasteiger partial charge in [-0.3, -0.25) is 9.48 Å². The molecule has 2 heterocycles. The number of aromatic nitrogens is 2. The quantitative estimate of drug-likeness (QED) is 0.805. The molecule has 0 saturated carbocycles. The van der Waals surface area contributed by atoms with E-state index in [0.29, 0.717) is 6.54 Å². The lowest BCUT2D eigenvalue weighted by Gasteiger charge is -2.18. The lowest BCUT2D eigenvalue weighted by molar-refractivity contribution is -0.187. The SMILES string of the molecule is O=C(O)[C@@H]1CN(C(=O)NCCn2cc(Br)cn2)C[C@H]1C(F)(F)F. The van der Waals surface area contributed by atoms with Crippen molar-refractivity contribution in [3.63, 3.8) is 0 Å². The van der Waals surface area contributed by atoms with Gasteiger partial charge in [0.2, 0.25) is 0 Å². The van der Waals surface area contributed by atoms with Gasteiger partial charge in [-0.25, -0.2) is 4.79 Å². The Bertz CT molecular complexity index is 592. The molecule has 2 rings (SSSR count). The van der Waals surface area contributed by atoms with Crippen LogP contribution in [0.25, 0.3) is 0 Å². The van der Waals surface area contributed by atoms with E-state index in [1.165, 1.54) is 0 Å². The summed E-state index contributed by atoms with van der Waals surface area (Å²) in [5.74, 6) is -5.24. The first-order valence-corrected chi connectivity index (χ1v) is 7.48. The summed E-state index contributed by atoms with van der Waals surface area (Å²) >= 11 is 3.21. The molecule has 0 aromatic carbocycles. The molecule has 1 aromatic heterocycles. The van der Waals surface area contributed by atoms with Gasteiger partial charge in [0.1, 0.15) is 0 Å². The minimum Gasteiger partial charge on any atom is -0.481 e. The van der Waals surface area contributed by atoms with Gasteiger partial charge in [0.05, 0.1) is 29.1 Å². The van der Waals surface area contributed by atoms with Crippen molar-refractivity contribution in [1.82, 2.24) is 20.0 Å². The highest BCUT2D eigenvalue weighted by molar-refractivity contribution is 9.10. The molecule has 128 valence electrons. The highest BCUT2D eigenvalue weighted by Gasteiger charge is 2.53. The molecule has 2 N–H and O–H groups in total. The second-order valence-corrected chi connectivity index (χ2v) is 6.07. The largest absolute Gasteiger partial charge is 0.481 e. The number of hydrogen-bond donors (Lipinski definition) is 2. The highest BCUT2D eigenvalue weighted by atomic mass is 79.9. The lowest BCUT2D eigenvalue weighted by atomic mass is 9.96. The van der Waals surface area contributed by atoms with Crippen molar-refractivity contribution in [2.45, 2.75) is 12.7 Å². The van der Waals surface area contributed by atoms with Crippen LogP contribution in [0, 0.1) is 11.8 Å². The Hall–Kier alpha value is -1.78. The molecule has 11 heteroatoms. The number of amides is 2. The average molecular weight is 399 g/mol. The number of likely N-dealkylation sites (tertiary alicyclic amines) is 1. The van der Waals surface area contributed by atoms with Crippen molar-refractivity contribution in [2.75, 3.05) is 19.6 Å². The minimum absolute atomic E-state index is 0.165. The summed E-state index contributed by atoms with van der Waals surface area (Å²) in [5.41, 5.74) is 0. The first kappa shape index (κ1) is 17.6. The van der Waals surface area contributed by atoms with E-state index in [2.05, 4.69) is 26.3 Å².